The molecule has 0 saturated heterocycles. The molecule has 8 heteroatoms. The van der Waals surface area contributed by atoms with E-state index in [0.717, 1.165) is 48.0 Å². The summed E-state index contributed by atoms with van der Waals surface area (Å²) in [6.45, 7) is 4.88. The molecule has 182 valence electrons. The Morgan fingerprint density at radius 3 is 2.56 bits per heavy atom. The van der Waals surface area contributed by atoms with Gasteiger partial charge in [0.15, 0.2) is 11.5 Å². The fraction of sp³-hybridized carbons (Fsp3) is 0.423. The van der Waals surface area contributed by atoms with Crippen molar-refractivity contribution >= 4 is 34.3 Å². The maximum atomic E-state index is 11.4. The second-order valence-electron chi connectivity index (χ2n) is 7.98. The first-order valence-electron chi connectivity index (χ1n) is 11.6. The van der Waals surface area contributed by atoms with E-state index >= 15 is 0 Å². The van der Waals surface area contributed by atoms with Crippen LogP contribution in [0.3, 0.4) is 0 Å². The molecule has 0 amide bonds. The second kappa shape index (κ2) is 13.0. The Balaban J connectivity index is 1.63. The highest BCUT2D eigenvalue weighted by Gasteiger charge is 2.14. The smallest absolute Gasteiger partial charge is 0.305 e. The highest BCUT2D eigenvalue weighted by molar-refractivity contribution is 6.30. The number of unbranched alkanes of at least 4 members (excludes halogenated alkanes) is 3. The Labute approximate surface area is 205 Å². The molecule has 3 aromatic rings. The van der Waals surface area contributed by atoms with Gasteiger partial charge in [0.1, 0.15) is 12.1 Å². The van der Waals surface area contributed by atoms with E-state index < -0.39 is 0 Å². The molecular formula is C26H32ClN3O4. The molecule has 2 aromatic carbocycles. The van der Waals surface area contributed by atoms with Gasteiger partial charge in [0.25, 0.3) is 0 Å². The van der Waals surface area contributed by atoms with Crippen molar-refractivity contribution in [2.24, 2.45) is 0 Å². The van der Waals surface area contributed by atoms with E-state index in [0.29, 0.717) is 36.2 Å². The molecule has 0 aliphatic heterocycles. The predicted octanol–water partition coefficient (Wildman–Crippen LogP) is 6.36. The monoisotopic (exact) mass is 485 g/mol. The summed E-state index contributed by atoms with van der Waals surface area (Å²) >= 11 is 6.02. The van der Waals surface area contributed by atoms with Crippen molar-refractivity contribution in [1.29, 1.82) is 0 Å². The fourth-order valence-corrected chi connectivity index (χ4v) is 3.76. The van der Waals surface area contributed by atoms with Gasteiger partial charge in [-0.25, -0.2) is 9.97 Å². The van der Waals surface area contributed by atoms with Crippen LogP contribution in [0.2, 0.25) is 5.02 Å². The lowest BCUT2D eigenvalue weighted by molar-refractivity contribution is -0.143. The normalized spacial score (nSPS) is 11.8. The van der Waals surface area contributed by atoms with Gasteiger partial charge in [-0.05, 0) is 50.5 Å². The number of esters is 1. The Morgan fingerprint density at radius 1 is 1.06 bits per heavy atom. The number of anilines is 1. The molecule has 0 spiro atoms. The number of halogens is 1. The summed E-state index contributed by atoms with van der Waals surface area (Å²) in [5.74, 6) is 1.87. The number of aromatic nitrogens is 2. The topological polar surface area (TPSA) is 82.6 Å². The molecule has 34 heavy (non-hydrogen) atoms. The minimum atomic E-state index is -0.128. The van der Waals surface area contributed by atoms with Gasteiger partial charge in [-0.15, -0.1) is 0 Å². The van der Waals surface area contributed by atoms with Crippen LogP contribution in [0.4, 0.5) is 5.82 Å². The summed E-state index contributed by atoms with van der Waals surface area (Å²) in [6.07, 6.45) is 5.66. The first kappa shape index (κ1) is 25.6. The number of methoxy groups -OCH3 is 1. The zero-order valence-electron chi connectivity index (χ0n) is 20.0. The van der Waals surface area contributed by atoms with Crippen LogP contribution in [-0.2, 0) is 9.53 Å². The molecule has 0 unspecified atom stereocenters. The van der Waals surface area contributed by atoms with Crippen LogP contribution < -0.4 is 14.8 Å². The maximum absolute atomic E-state index is 11.4. The summed E-state index contributed by atoms with van der Waals surface area (Å²) < 4.78 is 16.5. The van der Waals surface area contributed by atoms with E-state index in [1.54, 1.807) is 7.11 Å². The van der Waals surface area contributed by atoms with Crippen molar-refractivity contribution in [2.45, 2.75) is 52.0 Å². The van der Waals surface area contributed by atoms with E-state index in [-0.39, 0.29) is 12.0 Å². The summed E-state index contributed by atoms with van der Waals surface area (Å²) in [5, 5.41) is 5.03. The number of ether oxygens (including phenoxy) is 3. The van der Waals surface area contributed by atoms with E-state index in [2.05, 4.69) is 22.2 Å². The Morgan fingerprint density at radius 2 is 1.82 bits per heavy atom. The average Bonchev–Trinajstić information content (AvgIpc) is 2.83. The molecule has 1 N–H and O–H groups in total. The molecule has 1 heterocycles. The van der Waals surface area contributed by atoms with Gasteiger partial charge >= 0.3 is 5.97 Å². The number of carbonyl (C=O) groups excluding carboxylic acids is 1. The van der Waals surface area contributed by atoms with Crippen LogP contribution in [0.5, 0.6) is 11.5 Å². The number of hydrogen-bond acceptors (Lipinski definition) is 7. The molecule has 0 saturated carbocycles. The molecular weight excluding hydrogens is 454 g/mol. The quantitative estimate of drug-likeness (QED) is 0.223. The third-order valence-corrected chi connectivity index (χ3v) is 5.73. The minimum Gasteiger partial charge on any atom is -0.493 e. The molecule has 0 aliphatic carbocycles. The first-order chi connectivity index (χ1) is 16.5. The predicted molar refractivity (Wildman–Crippen MR) is 135 cm³/mol. The highest BCUT2D eigenvalue weighted by atomic mass is 35.5. The largest absolute Gasteiger partial charge is 0.493 e. The number of nitrogens with one attached hydrogen (secondary N) is 1. The van der Waals surface area contributed by atoms with Crippen LogP contribution in [-0.4, -0.2) is 36.3 Å². The summed E-state index contributed by atoms with van der Waals surface area (Å²) in [6, 6.07) is 11.6. The van der Waals surface area contributed by atoms with Crippen molar-refractivity contribution in [3.8, 4) is 11.5 Å². The SMILES string of the molecule is CCOC(=O)CCCCCCOc1cc2c(N[C@@H](C)c3ccc(Cl)cc3)ncnc2cc1OC. The van der Waals surface area contributed by atoms with E-state index in [9.17, 15) is 4.79 Å². The van der Waals surface area contributed by atoms with Crippen LogP contribution in [0.1, 0.15) is 57.6 Å². The van der Waals surface area contributed by atoms with Crippen molar-refractivity contribution in [3.63, 3.8) is 0 Å². The lowest BCUT2D eigenvalue weighted by Crippen LogP contribution is -2.09. The summed E-state index contributed by atoms with van der Waals surface area (Å²) in [7, 11) is 1.62. The number of nitrogens with zero attached hydrogens (tertiary/aromatic N) is 2. The van der Waals surface area contributed by atoms with Gasteiger partial charge in [-0.3, -0.25) is 4.79 Å². The first-order valence-corrected chi connectivity index (χ1v) is 12.0. The summed E-state index contributed by atoms with van der Waals surface area (Å²) in [4.78, 5) is 20.3. The number of benzene rings is 2. The van der Waals surface area contributed by atoms with Crippen LogP contribution >= 0.6 is 11.6 Å². The van der Waals surface area contributed by atoms with Gasteiger partial charge in [0, 0.05) is 28.9 Å². The molecule has 0 bridgehead atoms. The van der Waals surface area contributed by atoms with Crippen molar-refractivity contribution in [2.75, 3.05) is 25.6 Å². The molecule has 3 rings (SSSR count). The van der Waals surface area contributed by atoms with Gasteiger partial charge < -0.3 is 19.5 Å². The van der Waals surface area contributed by atoms with Gasteiger partial charge in [0.05, 0.1) is 25.8 Å². The van der Waals surface area contributed by atoms with E-state index in [1.807, 2.05) is 43.3 Å². The fourth-order valence-electron chi connectivity index (χ4n) is 3.63. The molecule has 0 fully saturated rings. The van der Waals surface area contributed by atoms with Crippen molar-refractivity contribution < 1.29 is 19.0 Å². The van der Waals surface area contributed by atoms with E-state index in [1.165, 1.54) is 6.33 Å². The van der Waals surface area contributed by atoms with Gasteiger partial charge in [0.2, 0.25) is 0 Å². The standard InChI is InChI=1S/C26H32ClN3O4/c1-4-33-25(31)9-7-5-6-8-14-34-24-15-21-22(16-23(24)32-3)28-17-29-26(21)30-18(2)19-10-12-20(27)13-11-19/h10-13,15-18H,4-9,14H2,1-3H3,(H,28,29,30)/t18-/m0/s1. The Hall–Kier alpha value is -3.06. The third-order valence-electron chi connectivity index (χ3n) is 5.48. The van der Waals surface area contributed by atoms with Gasteiger partial charge in [-0.2, -0.15) is 0 Å². The van der Waals surface area contributed by atoms with E-state index in [4.69, 9.17) is 25.8 Å². The number of fused-ring (bicyclic) bond motifs is 1. The molecule has 1 aromatic heterocycles. The van der Waals surface area contributed by atoms with Crippen LogP contribution in [0.15, 0.2) is 42.7 Å². The second-order valence-corrected chi connectivity index (χ2v) is 8.41. The lowest BCUT2D eigenvalue weighted by atomic mass is 10.1. The molecule has 7 nitrogen and oxygen atoms in total. The number of hydrogen-bond donors (Lipinski definition) is 1. The zero-order valence-corrected chi connectivity index (χ0v) is 20.7. The lowest BCUT2D eigenvalue weighted by Gasteiger charge is -2.17. The van der Waals surface area contributed by atoms with Crippen LogP contribution in [0, 0.1) is 0 Å². The molecule has 0 aliphatic rings. The minimum absolute atomic E-state index is 0.0245. The zero-order chi connectivity index (χ0) is 24.3. The van der Waals surface area contributed by atoms with Crippen molar-refractivity contribution in [1.82, 2.24) is 9.97 Å². The molecule has 1 atom stereocenters. The third kappa shape index (κ3) is 7.22. The Kier molecular flexibility index (Phi) is 9.76. The molecule has 0 radical (unpaired) electrons. The number of carbonyl (C=O) groups is 1. The van der Waals surface area contributed by atoms with Crippen LogP contribution in [0.25, 0.3) is 10.9 Å². The average molecular weight is 486 g/mol. The highest BCUT2D eigenvalue weighted by Crippen LogP contribution is 2.35. The number of rotatable bonds is 13. The van der Waals surface area contributed by atoms with Crippen molar-refractivity contribution in [3.05, 3.63) is 53.3 Å². The Bertz CT molecular complexity index is 1080. The maximum Gasteiger partial charge on any atom is 0.305 e. The van der Waals surface area contributed by atoms with Gasteiger partial charge in [-0.1, -0.05) is 36.6 Å². The summed E-state index contributed by atoms with van der Waals surface area (Å²) in [5.41, 5.74) is 1.87.